The Balaban J connectivity index is 1.14. The van der Waals surface area contributed by atoms with Crippen molar-refractivity contribution in [1.82, 2.24) is 0 Å². The van der Waals surface area contributed by atoms with Crippen molar-refractivity contribution in [3.63, 3.8) is 0 Å². The number of hydrogen-bond acceptors (Lipinski definition) is 8. The summed E-state index contributed by atoms with van der Waals surface area (Å²) < 4.78 is 64.7. The van der Waals surface area contributed by atoms with E-state index >= 15 is 0 Å². The first-order chi connectivity index (χ1) is 36.9. The molecule has 0 saturated carbocycles. The molecule has 8 heterocycles. The summed E-state index contributed by atoms with van der Waals surface area (Å²) in [5.74, 6) is 5.09. The van der Waals surface area contributed by atoms with Gasteiger partial charge in [0.1, 0.15) is 68.2 Å². The molecule has 12 heteroatoms. The molecule has 0 radical (unpaired) electrons. The molecular weight excluding hydrogens is 953 g/mol. The maximum atomic E-state index is 6.99. The SMILES string of the molecule is Cc1cc[n+](Cc2c3c4cc5c2OCOc2c(cc6c(c2C[n+]2ccc(C)cc2)OCOc2c(cc7c(c2C[n+]2ccc(C)cc2)OCOc2c(cc(c(c2C[n+]2ccc(C)cc2)OCO3)C4C)C7C)C6C)C5C)cc1. The molecule has 0 N–H and O–H groups in total. The summed E-state index contributed by atoms with van der Waals surface area (Å²) in [5, 5.41) is 0. The molecule has 8 aromatic rings. The lowest BCUT2D eigenvalue weighted by atomic mass is 9.78. The maximum absolute atomic E-state index is 6.99. The van der Waals surface area contributed by atoms with Gasteiger partial charge in [0, 0.05) is 117 Å². The van der Waals surface area contributed by atoms with E-state index < -0.39 is 0 Å². The van der Waals surface area contributed by atoms with Crippen LogP contribution in [0.25, 0.3) is 0 Å². The number of benzene rings is 4. The molecule has 76 heavy (non-hydrogen) atoms. The van der Waals surface area contributed by atoms with Crippen molar-refractivity contribution in [1.29, 1.82) is 0 Å². The minimum absolute atomic E-state index is 0.0402. The van der Waals surface area contributed by atoms with Crippen LogP contribution in [0.15, 0.2) is 122 Å². The monoisotopic (exact) mass is 1020 g/mol. The van der Waals surface area contributed by atoms with Crippen molar-refractivity contribution in [2.45, 2.75) is 105 Å². The highest BCUT2D eigenvalue weighted by Crippen LogP contribution is 2.56. The Kier molecular flexibility index (Phi) is 11.8. The fourth-order valence-electron chi connectivity index (χ4n) is 12.1. The number of rotatable bonds is 8. The van der Waals surface area contributed by atoms with E-state index in [4.69, 9.17) is 37.9 Å². The second-order valence-corrected chi connectivity index (χ2v) is 21.5. The summed E-state index contributed by atoms with van der Waals surface area (Å²) in [7, 11) is 0. The van der Waals surface area contributed by atoms with Crippen LogP contribution < -0.4 is 56.2 Å². The number of nitrogens with zero attached hydrogens (tertiary/aromatic N) is 4. The quantitative estimate of drug-likeness (QED) is 0.139. The Morgan fingerprint density at radius 2 is 0.447 bits per heavy atom. The molecule has 8 bridgehead atoms. The van der Waals surface area contributed by atoms with E-state index in [1.165, 1.54) is 22.3 Å². The predicted octanol–water partition coefficient (Wildman–Crippen LogP) is 10.1. The molecule has 4 aromatic carbocycles. The van der Waals surface area contributed by atoms with E-state index in [2.05, 4.69) is 196 Å². The lowest BCUT2D eigenvalue weighted by Gasteiger charge is -2.35. The zero-order chi connectivity index (χ0) is 51.9. The first-order valence-corrected chi connectivity index (χ1v) is 26.6. The van der Waals surface area contributed by atoms with Gasteiger partial charge in [0.2, 0.25) is 27.2 Å². The predicted molar refractivity (Wildman–Crippen MR) is 282 cm³/mol. The molecule has 5 aliphatic rings. The van der Waals surface area contributed by atoms with Crippen molar-refractivity contribution in [3.05, 3.63) is 211 Å². The van der Waals surface area contributed by atoms with Crippen LogP contribution in [0.2, 0.25) is 0 Å². The highest BCUT2D eigenvalue weighted by atomic mass is 16.7. The van der Waals surface area contributed by atoms with Crippen LogP contribution in [0.5, 0.6) is 46.0 Å². The third-order valence-corrected chi connectivity index (χ3v) is 16.5. The van der Waals surface area contributed by atoms with Crippen molar-refractivity contribution >= 4 is 0 Å². The van der Waals surface area contributed by atoms with Gasteiger partial charge in [-0.2, -0.15) is 0 Å². The first kappa shape index (κ1) is 47.6. The molecule has 0 spiro atoms. The minimum Gasteiger partial charge on any atom is -0.456 e. The smallest absolute Gasteiger partial charge is 0.230 e. The Morgan fingerprint density at radius 1 is 0.289 bits per heavy atom. The molecule has 1 aliphatic carbocycles. The summed E-state index contributed by atoms with van der Waals surface area (Å²) in [6, 6.07) is 26.4. The van der Waals surface area contributed by atoms with Crippen molar-refractivity contribution in [3.8, 4) is 46.0 Å². The van der Waals surface area contributed by atoms with Gasteiger partial charge < -0.3 is 37.9 Å². The van der Waals surface area contributed by atoms with Gasteiger partial charge in [-0.05, 0) is 74.2 Å². The lowest BCUT2D eigenvalue weighted by molar-refractivity contribution is -0.688. The fourth-order valence-corrected chi connectivity index (χ4v) is 12.1. The van der Waals surface area contributed by atoms with Gasteiger partial charge in [0.25, 0.3) is 0 Å². The second kappa shape index (κ2) is 18.9. The number of aryl methyl sites for hydroxylation is 4. The summed E-state index contributed by atoms with van der Waals surface area (Å²) in [4.78, 5) is 0. The van der Waals surface area contributed by atoms with Crippen molar-refractivity contribution in [2.75, 3.05) is 27.2 Å². The maximum Gasteiger partial charge on any atom is 0.230 e. The molecule has 0 unspecified atom stereocenters. The Hall–Kier alpha value is -8.12. The third kappa shape index (κ3) is 8.20. The van der Waals surface area contributed by atoms with E-state index in [1.54, 1.807) is 0 Å². The van der Waals surface area contributed by atoms with E-state index in [-0.39, 0.29) is 50.8 Å². The summed E-state index contributed by atoms with van der Waals surface area (Å²) >= 11 is 0. The fraction of sp³-hybridized carbons (Fsp3) is 0.312. The van der Waals surface area contributed by atoms with Crippen LogP contribution >= 0.6 is 0 Å². The van der Waals surface area contributed by atoms with E-state index in [0.717, 1.165) is 113 Å². The largest absolute Gasteiger partial charge is 0.456 e. The Morgan fingerprint density at radius 3 is 0.605 bits per heavy atom. The number of aromatic nitrogens is 4. The van der Waals surface area contributed by atoms with Crippen molar-refractivity contribution < 1.29 is 56.2 Å². The molecule has 0 fully saturated rings. The summed E-state index contributed by atoms with van der Waals surface area (Å²) in [6.45, 7) is 19.4. The molecule has 0 saturated heterocycles. The Labute approximate surface area is 444 Å². The van der Waals surface area contributed by atoms with Crippen molar-refractivity contribution in [2.24, 2.45) is 0 Å². The Bertz CT molecular complexity index is 3000. The normalized spacial score (nSPS) is 18.3. The van der Waals surface area contributed by atoms with Crippen LogP contribution in [0.1, 0.15) is 140 Å². The molecular formula is C64H64N4O8+4. The van der Waals surface area contributed by atoms with Crippen LogP contribution in [-0.4, -0.2) is 27.2 Å². The van der Waals surface area contributed by atoms with Gasteiger partial charge in [0.05, 0.1) is 0 Å². The molecule has 4 aliphatic heterocycles. The highest BCUT2D eigenvalue weighted by Gasteiger charge is 2.41. The molecule has 13 rings (SSSR count). The van der Waals surface area contributed by atoms with E-state index in [1.807, 2.05) is 0 Å². The molecule has 0 amide bonds. The van der Waals surface area contributed by atoms with Gasteiger partial charge in [-0.1, -0.05) is 27.7 Å². The summed E-state index contributed by atoms with van der Waals surface area (Å²) in [5.41, 5.74) is 16.8. The van der Waals surface area contributed by atoms with Gasteiger partial charge in [-0.25, -0.2) is 18.3 Å². The minimum atomic E-state index is -0.218. The van der Waals surface area contributed by atoms with Gasteiger partial charge in [0.15, 0.2) is 75.8 Å². The average molecular weight is 1020 g/mol. The summed E-state index contributed by atoms with van der Waals surface area (Å²) in [6.07, 6.45) is 17.0. The molecule has 0 atom stereocenters. The van der Waals surface area contributed by atoms with E-state index in [0.29, 0.717) is 26.2 Å². The van der Waals surface area contributed by atoms with Crippen LogP contribution in [0, 0.1) is 27.7 Å². The van der Waals surface area contributed by atoms with Gasteiger partial charge >= 0.3 is 0 Å². The van der Waals surface area contributed by atoms with Crippen LogP contribution in [0.3, 0.4) is 0 Å². The zero-order valence-corrected chi connectivity index (χ0v) is 44.6. The van der Waals surface area contributed by atoms with Crippen LogP contribution in [-0.2, 0) is 26.2 Å². The second-order valence-electron chi connectivity index (χ2n) is 21.5. The molecule has 384 valence electrons. The lowest BCUT2D eigenvalue weighted by Crippen LogP contribution is -2.36. The zero-order valence-electron chi connectivity index (χ0n) is 44.6. The van der Waals surface area contributed by atoms with Gasteiger partial charge in [-0.3, -0.25) is 0 Å². The van der Waals surface area contributed by atoms with Gasteiger partial charge in [-0.15, -0.1) is 0 Å². The number of pyridine rings is 4. The van der Waals surface area contributed by atoms with Crippen LogP contribution in [0.4, 0.5) is 0 Å². The first-order valence-electron chi connectivity index (χ1n) is 26.6. The topological polar surface area (TPSA) is 89.4 Å². The number of hydrogen-bond donors (Lipinski definition) is 0. The highest BCUT2D eigenvalue weighted by molar-refractivity contribution is 5.69. The van der Waals surface area contributed by atoms with E-state index in [9.17, 15) is 0 Å². The number of ether oxygens (including phenoxy) is 8. The standard InChI is InChI=1S/C64H64N4O8/c1-37-9-17-65(18-10-37)29-53-57-45-25-46-42(6)48-27-50-44(8)52-28-51-43(7)49-26-47(41(45)5)59(71-33-69-57)54(30-66-19-11-38(2)12-20-66)61(49)73-35-75-63(51)56(32-68-23-15-40(4)16-24-68)64(52)76-36-74-62(50)55(60(48)72-34-70-58(46)53)31-67-21-13-39(3)14-22-67/h9-28,41-44H,29-36H2,1-8H3/q+4. The third-order valence-electron chi connectivity index (χ3n) is 16.5. The average Bonchev–Trinajstić information content (AvgIpc) is 3.58. The molecule has 12 nitrogen and oxygen atoms in total. The molecule has 4 aromatic heterocycles.